The van der Waals surface area contributed by atoms with E-state index in [-0.39, 0.29) is 0 Å². The number of benzene rings is 1. The third kappa shape index (κ3) is 2.94. The van der Waals surface area contributed by atoms with Crippen molar-refractivity contribution >= 4 is 5.69 Å². The van der Waals surface area contributed by atoms with Gasteiger partial charge >= 0.3 is 0 Å². The molecule has 0 atom stereocenters. The van der Waals surface area contributed by atoms with Gasteiger partial charge in [0, 0.05) is 36.6 Å². The van der Waals surface area contributed by atoms with Crippen LogP contribution in [-0.2, 0) is 20.0 Å². The number of nitrogens with one attached hydrogen (secondary N) is 1. The molecular formula is C15H17N5O. The molecule has 21 heavy (non-hydrogen) atoms. The van der Waals surface area contributed by atoms with Crippen molar-refractivity contribution < 1.29 is 4.42 Å². The minimum Gasteiger partial charge on any atom is -0.423 e. The molecule has 0 spiro atoms. The highest BCUT2D eigenvalue weighted by Gasteiger charge is 2.06. The van der Waals surface area contributed by atoms with Gasteiger partial charge in [-0.1, -0.05) is 6.92 Å². The maximum absolute atomic E-state index is 5.17. The van der Waals surface area contributed by atoms with Gasteiger partial charge in [0.1, 0.15) is 0 Å². The van der Waals surface area contributed by atoms with Crippen LogP contribution in [-0.4, -0.2) is 20.0 Å². The van der Waals surface area contributed by atoms with E-state index >= 15 is 0 Å². The maximum atomic E-state index is 5.17. The summed E-state index contributed by atoms with van der Waals surface area (Å²) in [4.78, 5) is 0. The normalized spacial score (nSPS) is 10.8. The average Bonchev–Trinajstić information content (AvgIpc) is 3.15. The van der Waals surface area contributed by atoms with Crippen LogP contribution < -0.4 is 5.32 Å². The molecule has 108 valence electrons. The van der Waals surface area contributed by atoms with E-state index in [2.05, 4.69) is 33.7 Å². The SMILES string of the molecule is CCc1nn(C)cc1CNc1ccc(-c2nnco2)cc1. The highest BCUT2D eigenvalue weighted by Crippen LogP contribution is 2.19. The van der Waals surface area contributed by atoms with Crippen LogP contribution >= 0.6 is 0 Å². The average molecular weight is 283 g/mol. The van der Waals surface area contributed by atoms with E-state index in [0.717, 1.165) is 29.9 Å². The number of anilines is 1. The summed E-state index contributed by atoms with van der Waals surface area (Å²) < 4.78 is 7.02. The third-order valence-electron chi connectivity index (χ3n) is 3.30. The molecule has 0 saturated heterocycles. The Bertz CT molecular complexity index is 700. The third-order valence-corrected chi connectivity index (χ3v) is 3.30. The molecule has 0 amide bonds. The van der Waals surface area contributed by atoms with Crippen LogP contribution in [0.3, 0.4) is 0 Å². The zero-order valence-corrected chi connectivity index (χ0v) is 12.1. The molecule has 0 fully saturated rings. The Hall–Kier alpha value is -2.63. The highest BCUT2D eigenvalue weighted by atomic mass is 16.4. The number of hydrogen-bond acceptors (Lipinski definition) is 5. The van der Waals surface area contributed by atoms with Gasteiger partial charge in [-0.25, -0.2) is 0 Å². The molecule has 3 aromatic rings. The predicted octanol–water partition coefficient (Wildman–Crippen LogP) is 2.64. The number of rotatable bonds is 5. The molecule has 1 aromatic carbocycles. The summed E-state index contributed by atoms with van der Waals surface area (Å²) in [6.45, 7) is 2.88. The Balaban J connectivity index is 1.68. The first kappa shape index (κ1) is 13.4. The van der Waals surface area contributed by atoms with Gasteiger partial charge in [0.05, 0.1) is 5.69 Å². The molecule has 0 aliphatic carbocycles. The molecule has 0 radical (unpaired) electrons. The monoisotopic (exact) mass is 283 g/mol. The molecule has 0 aliphatic rings. The van der Waals surface area contributed by atoms with E-state index in [9.17, 15) is 0 Å². The number of aromatic nitrogens is 4. The van der Waals surface area contributed by atoms with E-state index in [4.69, 9.17) is 4.42 Å². The molecule has 2 heterocycles. The minimum atomic E-state index is 0.530. The maximum Gasteiger partial charge on any atom is 0.247 e. The van der Waals surface area contributed by atoms with Crippen molar-refractivity contribution in [2.45, 2.75) is 19.9 Å². The second kappa shape index (κ2) is 5.78. The Kier molecular flexibility index (Phi) is 3.68. The van der Waals surface area contributed by atoms with Crippen LogP contribution in [0.15, 0.2) is 41.3 Å². The van der Waals surface area contributed by atoms with Crippen molar-refractivity contribution in [3.05, 3.63) is 48.1 Å². The molecule has 1 N–H and O–H groups in total. The van der Waals surface area contributed by atoms with Crippen molar-refractivity contribution in [2.75, 3.05) is 5.32 Å². The zero-order chi connectivity index (χ0) is 14.7. The van der Waals surface area contributed by atoms with Gasteiger partial charge in [-0.3, -0.25) is 4.68 Å². The number of nitrogens with zero attached hydrogens (tertiary/aromatic N) is 4. The topological polar surface area (TPSA) is 68.8 Å². The van der Waals surface area contributed by atoms with Gasteiger partial charge in [-0.05, 0) is 30.7 Å². The van der Waals surface area contributed by atoms with E-state index in [0.29, 0.717) is 5.89 Å². The summed E-state index contributed by atoms with van der Waals surface area (Å²) in [5, 5.41) is 15.4. The van der Waals surface area contributed by atoms with E-state index in [1.807, 2.05) is 36.0 Å². The fourth-order valence-corrected chi connectivity index (χ4v) is 2.26. The highest BCUT2D eigenvalue weighted by molar-refractivity contribution is 5.58. The van der Waals surface area contributed by atoms with Crippen molar-refractivity contribution in [1.82, 2.24) is 20.0 Å². The lowest BCUT2D eigenvalue weighted by Crippen LogP contribution is -2.00. The lowest BCUT2D eigenvalue weighted by atomic mass is 10.2. The fraction of sp³-hybridized carbons (Fsp3) is 0.267. The molecule has 0 unspecified atom stereocenters. The lowest BCUT2D eigenvalue weighted by Gasteiger charge is -2.06. The quantitative estimate of drug-likeness (QED) is 0.779. The van der Waals surface area contributed by atoms with Gasteiger partial charge < -0.3 is 9.73 Å². The Labute approximate surface area is 122 Å². The van der Waals surface area contributed by atoms with E-state index < -0.39 is 0 Å². The summed E-state index contributed by atoms with van der Waals surface area (Å²) in [5.74, 6) is 0.530. The molecule has 2 aromatic heterocycles. The lowest BCUT2D eigenvalue weighted by molar-refractivity contribution is 0.568. The summed E-state index contributed by atoms with van der Waals surface area (Å²) in [7, 11) is 1.95. The minimum absolute atomic E-state index is 0.530. The Morgan fingerprint density at radius 3 is 2.71 bits per heavy atom. The van der Waals surface area contributed by atoms with Gasteiger partial charge in [-0.2, -0.15) is 5.10 Å². The number of hydrogen-bond donors (Lipinski definition) is 1. The predicted molar refractivity (Wildman–Crippen MR) is 79.6 cm³/mol. The van der Waals surface area contributed by atoms with Crippen molar-refractivity contribution in [3.63, 3.8) is 0 Å². The van der Waals surface area contributed by atoms with Crippen LogP contribution in [0.1, 0.15) is 18.2 Å². The smallest absolute Gasteiger partial charge is 0.247 e. The van der Waals surface area contributed by atoms with Crippen molar-refractivity contribution in [3.8, 4) is 11.5 Å². The first-order valence-electron chi connectivity index (χ1n) is 6.88. The summed E-state index contributed by atoms with van der Waals surface area (Å²) >= 11 is 0. The Morgan fingerprint density at radius 1 is 1.24 bits per heavy atom. The van der Waals surface area contributed by atoms with Crippen LogP contribution in [0.2, 0.25) is 0 Å². The van der Waals surface area contributed by atoms with Crippen LogP contribution in [0.25, 0.3) is 11.5 Å². The summed E-state index contributed by atoms with van der Waals surface area (Å²) in [6.07, 6.45) is 4.32. The Morgan fingerprint density at radius 2 is 2.05 bits per heavy atom. The largest absolute Gasteiger partial charge is 0.423 e. The zero-order valence-electron chi connectivity index (χ0n) is 12.1. The van der Waals surface area contributed by atoms with Gasteiger partial charge in [-0.15, -0.1) is 10.2 Å². The molecular weight excluding hydrogens is 266 g/mol. The molecule has 0 bridgehead atoms. The second-order valence-electron chi connectivity index (χ2n) is 4.80. The van der Waals surface area contributed by atoms with Crippen LogP contribution in [0, 0.1) is 0 Å². The second-order valence-corrected chi connectivity index (χ2v) is 4.80. The van der Waals surface area contributed by atoms with Gasteiger partial charge in [0.15, 0.2) is 0 Å². The standard InChI is InChI=1S/C15H17N5O/c1-3-14-12(9-20(2)19-14)8-16-13-6-4-11(5-7-13)15-18-17-10-21-15/h4-7,9-10,16H,3,8H2,1-2H3. The fourth-order valence-electron chi connectivity index (χ4n) is 2.26. The van der Waals surface area contributed by atoms with Crippen LogP contribution in [0.5, 0.6) is 0 Å². The van der Waals surface area contributed by atoms with Gasteiger partial charge in [0.2, 0.25) is 12.3 Å². The first-order chi connectivity index (χ1) is 10.3. The molecule has 6 heteroatoms. The summed E-state index contributed by atoms with van der Waals surface area (Å²) in [6, 6.07) is 7.92. The first-order valence-corrected chi connectivity index (χ1v) is 6.88. The van der Waals surface area contributed by atoms with Gasteiger partial charge in [0.25, 0.3) is 0 Å². The molecule has 0 saturated carbocycles. The number of aryl methyl sites for hydroxylation is 2. The van der Waals surface area contributed by atoms with Crippen molar-refractivity contribution in [1.29, 1.82) is 0 Å². The molecule has 0 aliphatic heterocycles. The molecule has 6 nitrogen and oxygen atoms in total. The van der Waals surface area contributed by atoms with Crippen LogP contribution in [0.4, 0.5) is 5.69 Å². The van der Waals surface area contributed by atoms with E-state index in [1.165, 1.54) is 12.0 Å². The van der Waals surface area contributed by atoms with Crippen molar-refractivity contribution in [2.24, 2.45) is 7.05 Å². The summed E-state index contributed by atoms with van der Waals surface area (Å²) in [5.41, 5.74) is 4.31. The van der Waals surface area contributed by atoms with E-state index in [1.54, 1.807) is 0 Å². The molecule has 3 rings (SSSR count).